The Morgan fingerprint density at radius 2 is 1.16 bits per heavy atom. The van der Waals surface area contributed by atoms with Crippen LogP contribution in [-0.4, -0.2) is 44.5 Å². The number of pyridine rings is 2. The lowest BCUT2D eigenvalue weighted by atomic mass is 10.2. The maximum Gasteiger partial charge on any atom is 0.303 e. The summed E-state index contributed by atoms with van der Waals surface area (Å²) in [5, 5.41) is 23.9. The zero-order chi connectivity index (χ0) is 18.3. The Labute approximate surface area is 144 Å². The van der Waals surface area contributed by atoms with Crippen molar-refractivity contribution in [1.82, 2.24) is 9.97 Å². The summed E-state index contributed by atoms with van der Waals surface area (Å²) < 4.78 is 0. The molecule has 130 valence electrons. The van der Waals surface area contributed by atoms with E-state index in [2.05, 4.69) is 20.2 Å². The SMILES string of the molecule is C(=N\N=C\c1ccncc1)/c1ccncc1.O=C(O)CCCC(=O)O. The molecule has 0 bridgehead atoms. The van der Waals surface area contributed by atoms with Gasteiger partial charge >= 0.3 is 11.9 Å². The van der Waals surface area contributed by atoms with Gasteiger partial charge in [-0.25, -0.2) is 0 Å². The summed E-state index contributed by atoms with van der Waals surface area (Å²) >= 11 is 0. The molecule has 0 aliphatic heterocycles. The van der Waals surface area contributed by atoms with Gasteiger partial charge in [0.15, 0.2) is 0 Å². The van der Waals surface area contributed by atoms with Crippen molar-refractivity contribution in [3.8, 4) is 0 Å². The van der Waals surface area contributed by atoms with Gasteiger partial charge in [0.1, 0.15) is 0 Å². The highest BCUT2D eigenvalue weighted by atomic mass is 16.4. The molecule has 0 fully saturated rings. The lowest BCUT2D eigenvalue weighted by Crippen LogP contribution is -1.98. The lowest BCUT2D eigenvalue weighted by Gasteiger charge is -1.89. The second kappa shape index (κ2) is 12.1. The monoisotopic (exact) mass is 342 g/mol. The summed E-state index contributed by atoms with van der Waals surface area (Å²) in [5.74, 6) is -1.90. The fourth-order valence-electron chi connectivity index (χ4n) is 1.49. The number of carbonyl (C=O) groups is 2. The molecule has 0 aliphatic rings. The fraction of sp³-hybridized carbons (Fsp3) is 0.176. The van der Waals surface area contributed by atoms with Crippen LogP contribution in [0.25, 0.3) is 0 Å². The second-order valence-electron chi connectivity index (χ2n) is 4.69. The van der Waals surface area contributed by atoms with Crippen molar-refractivity contribution in [2.24, 2.45) is 10.2 Å². The van der Waals surface area contributed by atoms with Crippen LogP contribution in [0.5, 0.6) is 0 Å². The van der Waals surface area contributed by atoms with Gasteiger partial charge in [-0.2, -0.15) is 10.2 Å². The van der Waals surface area contributed by atoms with Crippen molar-refractivity contribution in [3.05, 3.63) is 60.2 Å². The molecule has 8 nitrogen and oxygen atoms in total. The van der Waals surface area contributed by atoms with Crippen LogP contribution in [0.4, 0.5) is 0 Å². The van der Waals surface area contributed by atoms with Crippen molar-refractivity contribution in [2.75, 3.05) is 0 Å². The van der Waals surface area contributed by atoms with Gasteiger partial charge in [0.25, 0.3) is 0 Å². The van der Waals surface area contributed by atoms with Gasteiger partial charge in [0.2, 0.25) is 0 Å². The van der Waals surface area contributed by atoms with Crippen LogP contribution in [0.15, 0.2) is 59.3 Å². The quantitative estimate of drug-likeness (QED) is 0.587. The Hall–Kier alpha value is -3.42. The van der Waals surface area contributed by atoms with Crippen molar-refractivity contribution in [2.45, 2.75) is 19.3 Å². The second-order valence-corrected chi connectivity index (χ2v) is 4.69. The molecule has 0 radical (unpaired) electrons. The molecule has 0 saturated carbocycles. The third-order valence-corrected chi connectivity index (χ3v) is 2.67. The third-order valence-electron chi connectivity index (χ3n) is 2.67. The molecule has 2 aromatic rings. The Morgan fingerprint density at radius 3 is 1.48 bits per heavy atom. The first-order chi connectivity index (χ1) is 12.1. The van der Waals surface area contributed by atoms with Crippen LogP contribution in [0.1, 0.15) is 30.4 Å². The van der Waals surface area contributed by atoms with Crippen LogP contribution in [0, 0.1) is 0 Å². The van der Waals surface area contributed by atoms with Crippen molar-refractivity contribution in [1.29, 1.82) is 0 Å². The van der Waals surface area contributed by atoms with Crippen LogP contribution in [-0.2, 0) is 9.59 Å². The fourth-order valence-corrected chi connectivity index (χ4v) is 1.49. The van der Waals surface area contributed by atoms with Gasteiger partial charge in [-0.05, 0) is 41.8 Å². The number of rotatable bonds is 7. The summed E-state index contributed by atoms with van der Waals surface area (Å²) in [4.78, 5) is 27.4. The molecule has 2 heterocycles. The van der Waals surface area contributed by atoms with Crippen LogP contribution < -0.4 is 0 Å². The maximum atomic E-state index is 9.79. The van der Waals surface area contributed by atoms with Crippen LogP contribution in [0.2, 0.25) is 0 Å². The molecule has 2 N–H and O–H groups in total. The molecule has 2 rings (SSSR count). The van der Waals surface area contributed by atoms with E-state index in [9.17, 15) is 9.59 Å². The Morgan fingerprint density at radius 1 is 0.800 bits per heavy atom. The van der Waals surface area contributed by atoms with Crippen molar-refractivity contribution in [3.63, 3.8) is 0 Å². The molecule has 8 heteroatoms. The first-order valence-electron chi connectivity index (χ1n) is 7.38. The minimum absolute atomic E-state index is 0.0632. The normalized spacial score (nSPS) is 10.4. The Bertz CT molecular complexity index is 642. The highest BCUT2D eigenvalue weighted by Crippen LogP contribution is 1.94. The summed E-state index contributed by atoms with van der Waals surface area (Å²) in [6.07, 6.45) is 10.3. The highest BCUT2D eigenvalue weighted by molar-refractivity contribution is 5.82. The van der Waals surface area contributed by atoms with E-state index < -0.39 is 11.9 Å². The number of carboxylic acids is 2. The van der Waals surface area contributed by atoms with E-state index >= 15 is 0 Å². The van der Waals surface area contributed by atoms with E-state index in [-0.39, 0.29) is 19.3 Å². The molecule has 0 amide bonds. The Kier molecular flexibility index (Phi) is 9.47. The van der Waals surface area contributed by atoms with Gasteiger partial charge in [-0.3, -0.25) is 19.6 Å². The molecular weight excluding hydrogens is 324 g/mol. The van der Waals surface area contributed by atoms with Gasteiger partial charge in [-0.1, -0.05) is 0 Å². The summed E-state index contributed by atoms with van der Waals surface area (Å²) in [6, 6.07) is 7.47. The van der Waals surface area contributed by atoms with E-state index in [1.807, 2.05) is 24.3 Å². The van der Waals surface area contributed by atoms with Crippen molar-refractivity contribution >= 4 is 24.4 Å². The maximum absolute atomic E-state index is 9.79. The third kappa shape index (κ3) is 10.9. The number of hydrogen-bond acceptors (Lipinski definition) is 6. The van der Waals surface area contributed by atoms with Gasteiger partial charge in [-0.15, -0.1) is 0 Å². The number of hydrogen-bond donors (Lipinski definition) is 2. The first-order valence-corrected chi connectivity index (χ1v) is 7.38. The molecule has 0 atom stereocenters. The predicted octanol–water partition coefficient (Wildman–Crippen LogP) is 2.26. The number of aromatic nitrogens is 2. The summed E-state index contributed by atoms with van der Waals surface area (Å²) in [5.41, 5.74) is 1.95. The topological polar surface area (TPSA) is 125 Å². The largest absolute Gasteiger partial charge is 0.481 e. The molecule has 0 aliphatic carbocycles. The highest BCUT2D eigenvalue weighted by Gasteiger charge is 1.99. The van der Waals surface area contributed by atoms with E-state index in [4.69, 9.17) is 10.2 Å². The van der Waals surface area contributed by atoms with E-state index in [0.717, 1.165) is 11.1 Å². The minimum atomic E-state index is -0.948. The van der Waals surface area contributed by atoms with Crippen molar-refractivity contribution < 1.29 is 19.8 Å². The zero-order valence-corrected chi connectivity index (χ0v) is 13.4. The van der Waals surface area contributed by atoms with Crippen LogP contribution in [0.3, 0.4) is 0 Å². The molecule has 25 heavy (non-hydrogen) atoms. The Balaban J connectivity index is 0.000000299. The predicted molar refractivity (Wildman–Crippen MR) is 92.8 cm³/mol. The molecular formula is C17H18N4O4. The van der Waals surface area contributed by atoms with Gasteiger partial charge in [0, 0.05) is 37.6 Å². The number of nitrogens with zero attached hydrogens (tertiary/aromatic N) is 4. The molecule has 0 unspecified atom stereocenters. The summed E-state index contributed by atoms with van der Waals surface area (Å²) in [7, 11) is 0. The lowest BCUT2D eigenvalue weighted by molar-refractivity contribution is -0.138. The average Bonchev–Trinajstić information content (AvgIpc) is 2.60. The smallest absolute Gasteiger partial charge is 0.303 e. The average molecular weight is 342 g/mol. The van der Waals surface area contributed by atoms with E-state index in [1.54, 1.807) is 37.2 Å². The van der Waals surface area contributed by atoms with Gasteiger partial charge < -0.3 is 10.2 Å². The molecule has 0 aromatic carbocycles. The number of carboxylic acid groups (broad SMARTS) is 2. The molecule has 0 saturated heterocycles. The van der Waals surface area contributed by atoms with E-state index in [1.165, 1.54) is 0 Å². The molecule has 2 aromatic heterocycles. The molecule has 0 spiro atoms. The summed E-state index contributed by atoms with van der Waals surface area (Å²) in [6.45, 7) is 0. The minimum Gasteiger partial charge on any atom is -0.481 e. The van der Waals surface area contributed by atoms with Crippen LogP contribution >= 0.6 is 0 Å². The number of aliphatic carboxylic acids is 2. The zero-order valence-electron chi connectivity index (χ0n) is 13.4. The van der Waals surface area contributed by atoms with E-state index in [0.29, 0.717) is 0 Å². The van der Waals surface area contributed by atoms with Gasteiger partial charge in [0.05, 0.1) is 12.4 Å². The standard InChI is InChI=1S/C12H10N4.C5H8O4/c1-5-13-6-2-11(1)9-15-16-10-12-3-7-14-8-4-12;6-4(7)2-1-3-5(8)9/h1-10H;1-3H2,(H,6,7)(H,8,9)/b15-9+,16-10+;. The first kappa shape index (κ1) is 19.6.